The fourth-order valence-electron chi connectivity index (χ4n) is 2.32. The van der Waals surface area contributed by atoms with Crippen LogP contribution in [0.15, 0.2) is 16.3 Å². The highest BCUT2D eigenvalue weighted by Gasteiger charge is 2.33. The van der Waals surface area contributed by atoms with Gasteiger partial charge in [0.25, 0.3) is 0 Å². The van der Waals surface area contributed by atoms with Crippen molar-refractivity contribution in [3.05, 3.63) is 17.0 Å². The molecule has 7 nitrogen and oxygen atoms in total. The molecule has 0 saturated carbocycles. The van der Waals surface area contributed by atoms with Crippen molar-refractivity contribution in [2.75, 3.05) is 26.4 Å². The zero-order chi connectivity index (χ0) is 16.9. The molecule has 0 spiro atoms. The number of carbonyl (C=O) groups excluding carboxylic acids is 1. The molecule has 1 aliphatic rings. The first kappa shape index (κ1) is 18.3. The van der Waals surface area contributed by atoms with Crippen LogP contribution in [0, 0.1) is 5.41 Å². The monoisotopic (exact) mass is 362 g/mol. The molecule has 0 aromatic carbocycles. The number of hydrogen-bond acceptors (Lipinski definition) is 6. The number of rotatable bonds is 7. The standard InChI is InChI=1S/C14H22N2O5S2/c1-11(18)15-8-12-2-3-13(22-12)23(19,20)16-9-14(10-17)4-6-21-7-5-14/h2-3,16-17H,4-10H2,1H3,(H,15,18). The minimum absolute atomic E-state index is 0.0723. The van der Waals surface area contributed by atoms with Gasteiger partial charge in [-0.3, -0.25) is 4.79 Å². The maximum absolute atomic E-state index is 12.4. The van der Waals surface area contributed by atoms with E-state index in [2.05, 4.69) is 10.0 Å². The maximum atomic E-state index is 12.4. The Morgan fingerprint density at radius 2 is 2.09 bits per heavy atom. The molecule has 23 heavy (non-hydrogen) atoms. The van der Waals surface area contributed by atoms with Crippen molar-refractivity contribution < 1.29 is 23.1 Å². The Hall–Kier alpha value is -1.00. The van der Waals surface area contributed by atoms with E-state index in [1.165, 1.54) is 13.0 Å². The molecule has 1 fully saturated rings. The van der Waals surface area contributed by atoms with E-state index >= 15 is 0 Å². The molecule has 0 atom stereocenters. The van der Waals surface area contributed by atoms with Crippen molar-refractivity contribution in [1.29, 1.82) is 0 Å². The highest BCUT2D eigenvalue weighted by atomic mass is 32.2. The van der Waals surface area contributed by atoms with Gasteiger partial charge in [0.05, 0.1) is 13.2 Å². The van der Waals surface area contributed by atoms with Crippen LogP contribution in [-0.2, 0) is 26.1 Å². The first-order valence-corrected chi connectivity index (χ1v) is 9.68. The van der Waals surface area contributed by atoms with Crippen molar-refractivity contribution in [3.8, 4) is 0 Å². The number of amides is 1. The molecule has 0 unspecified atom stereocenters. The van der Waals surface area contributed by atoms with Gasteiger partial charge in [0, 0.05) is 37.0 Å². The second-order valence-electron chi connectivity index (χ2n) is 5.73. The van der Waals surface area contributed by atoms with E-state index < -0.39 is 15.4 Å². The smallest absolute Gasteiger partial charge is 0.250 e. The summed E-state index contributed by atoms with van der Waals surface area (Å²) in [6, 6.07) is 3.21. The first-order valence-electron chi connectivity index (χ1n) is 7.38. The molecule has 3 N–H and O–H groups in total. The third-order valence-electron chi connectivity index (χ3n) is 3.94. The third kappa shape index (κ3) is 4.98. The molecule has 2 rings (SSSR count). The number of sulfonamides is 1. The average Bonchev–Trinajstić information content (AvgIpc) is 3.02. The van der Waals surface area contributed by atoms with E-state index in [1.807, 2.05) is 0 Å². The molecule has 130 valence electrons. The fraction of sp³-hybridized carbons (Fsp3) is 0.643. The van der Waals surface area contributed by atoms with Gasteiger partial charge in [0.1, 0.15) is 4.21 Å². The Bertz CT molecular complexity index is 635. The lowest BCUT2D eigenvalue weighted by Crippen LogP contribution is -2.43. The van der Waals surface area contributed by atoms with Crippen LogP contribution in [0.3, 0.4) is 0 Å². The molecule has 1 aromatic rings. The summed E-state index contributed by atoms with van der Waals surface area (Å²) in [6.07, 6.45) is 1.26. The van der Waals surface area contributed by atoms with Crippen molar-refractivity contribution >= 4 is 27.3 Å². The molecular formula is C14H22N2O5S2. The minimum Gasteiger partial charge on any atom is -0.396 e. The number of ether oxygens (including phenoxy) is 1. The average molecular weight is 362 g/mol. The Balaban J connectivity index is 1.99. The predicted molar refractivity (Wildman–Crippen MR) is 86.6 cm³/mol. The topological polar surface area (TPSA) is 105 Å². The van der Waals surface area contributed by atoms with Crippen molar-refractivity contribution in [1.82, 2.24) is 10.0 Å². The molecule has 0 bridgehead atoms. The summed E-state index contributed by atoms with van der Waals surface area (Å²) < 4.78 is 32.8. The summed E-state index contributed by atoms with van der Waals surface area (Å²) >= 11 is 1.12. The van der Waals surface area contributed by atoms with Gasteiger partial charge in [-0.15, -0.1) is 11.3 Å². The van der Waals surface area contributed by atoms with Crippen LogP contribution >= 0.6 is 11.3 Å². The summed E-state index contributed by atoms with van der Waals surface area (Å²) in [5, 5.41) is 12.2. The molecule has 1 aliphatic heterocycles. The lowest BCUT2D eigenvalue weighted by molar-refractivity contribution is -0.119. The van der Waals surface area contributed by atoms with Gasteiger partial charge < -0.3 is 15.2 Å². The highest BCUT2D eigenvalue weighted by Crippen LogP contribution is 2.30. The lowest BCUT2D eigenvalue weighted by Gasteiger charge is -2.35. The van der Waals surface area contributed by atoms with E-state index in [1.54, 1.807) is 6.07 Å². The SMILES string of the molecule is CC(=O)NCc1ccc(S(=O)(=O)NCC2(CO)CCOCC2)s1. The summed E-state index contributed by atoms with van der Waals surface area (Å²) in [5.41, 5.74) is -0.457. The van der Waals surface area contributed by atoms with Crippen molar-refractivity contribution in [3.63, 3.8) is 0 Å². The Labute approximate surface area is 140 Å². The number of nitrogens with one attached hydrogen (secondary N) is 2. The van der Waals surface area contributed by atoms with Gasteiger partial charge in [0.15, 0.2) is 0 Å². The van der Waals surface area contributed by atoms with Gasteiger partial charge in [0.2, 0.25) is 15.9 Å². The van der Waals surface area contributed by atoms with Gasteiger partial charge in [-0.05, 0) is 25.0 Å². The van der Waals surface area contributed by atoms with Crippen LogP contribution in [0.5, 0.6) is 0 Å². The van der Waals surface area contributed by atoms with E-state index in [0.29, 0.717) is 32.6 Å². The first-order chi connectivity index (χ1) is 10.9. The fourth-order valence-corrected chi connectivity index (χ4v) is 4.82. The molecule has 1 amide bonds. The molecular weight excluding hydrogens is 340 g/mol. The highest BCUT2D eigenvalue weighted by molar-refractivity contribution is 7.91. The molecule has 0 radical (unpaired) electrons. The van der Waals surface area contributed by atoms with Crippen LogP contribution in [-0.4, -0.2) is 45.8 Å². The van der Waals surface area contributed by atoms with Crippen molar-refractivity contribution in [2.24, 2.45) is 5.41 Å². The summed E-state index contributed by atoms with van der Waals surface area (Å²) in [7, 11) is -3.62. The van der Waals surface area contributed by atoms with E-state index in [4.69, 9.17) is 4.74 Å². The van der Waals surface area contributed by atoms with Crippen molar-refractivity contribution in [2.45, 2.75) is 30.5 Å². The van der Waals surface area contributed by atoms with Crippen LogP contribution in [0.25, 0.3) is 0 Å². The number of aliphatic hydroxyl groups is 1. The Kier molecular flexibility index (Phi) is 6.15. The van der Waals surface area contributed by atoms with E-state index in [9.17, 15) is 18.3 Å². The van der Waals surface area contributed by atoms with Crippen LogP contribution in [0.1, 0.15) is 24.6 Å². The van der Waals surface area contributed by atoms with Gasteiger partial charge >= 0.3 is 0 Å². The number of carbonyl (C=O) groups is 1. The third-order valence-corrected chi connectivity index (χ3v) is 6.92. The lowest BCUT2D eigenvalue weighted by atomic mass is 9.81. The predicted octanol–water partition coefficient (Wildman–Crippen LogP) is 0.452. The molecule has 2 heterocycles. The summed E-state index contributed by atoms with van der Waals surface area (Å²) in [6.45, 7) is 2.90. The van der Waals surface area contributed by atoms with Gasteiger partial charge in [-0.1, -0.05) is 0 Å². The number of thiophene rings is 1. The van der Waals surface area contributed by atoms with Crippen LogP contribution in [0.2, 0.25) is 0 Å². The second-order valence-corrected chi connectivity index (χ2v) is 8.89. The quantitative estimate of drug-likeness (QED) is 0.653. The number of hydrogen-bond donors (Lipinski definition) is 3. The maximum Gasteiger partial charge on any atom is 0.250 e. The summed E-state index contributed by atoms with van der Waals surface area (Å²) in [4.78, 5) is 11.7. The number of aliphatic hydroxyl groups excluding tert-OH is 1. The zero-order valence-corrected chi connectivity index (χ0v) is 14.6. The Morgan fingerprint density at radius 3 is 2.70 bits per heavy atom. The van der Waals surface area contributed by atoms with E-state index in [0.717, 1.165) is 16.2 Å². The molecule has 1 saturated heterocycles. The van der Waals surface area contributed by atoms with Gasteiger partial charge in [-0.25, -0.2) is 13.1 Å². The van der Waals surface area contributed by atoms with E-state index in [-0.39, 0.29) is 23.3 Å². The molecule has 1 aromatic heterocycles. The normalized spacial score (nSPS) is 17.8. The Morgan fingerprint density at radius 1 is 1.39 bits per heavy atom. The second kappa shape index (κ2) is 7.71. The largest absolute Gasteiger partial charge is 0.396 e. The van der Waals surface area contributed by atoms with Crippen LogP contribution in [0.4, 0.5) is 0 Å². The summed E-state index contributed by atoms with van der Waals surface area (Å²) in [5.74, 6) is -0.162. The minimum atomic E-state index is -3.62. The van der Waals surface area contributed by atoms with Gasteiger partial charge in [-0.2, -0.15) is 0 Å². The zero-order valence-electron chi connectivity index (χ0n) is 13.0. The molecule has 0 aliphatic carbocycles. The van der Waals surface area contributed by atoms with Crippen LogP contribution < -0.4 is 10.0 Å². The molecule has 9 heteroatoms.